The van der Waals surface area contributed by atoms with E-state index in [4.69, 9.17) is 5.11 Å². The van der Waals surface area contributed by atoms with Gasteiger partial charge >= 0.3 is 12.3 Å². The van der Waals surface area contributed by atoms with E-state index in [1.54, 1.807) is 4.90 Å². The highest BCUT2D eigenvalue weighted by molar-refractivity contribution is 7.89. The number of halogens is 3. The second kappa shape index (κ2) is 13.3. The minimum Gasteiger partial charge on any atom is -0.475 e. The zero-order valence-corrected chi connectivity index (χ0v) is 25.3. The summed E-state index contributed by atoms with van der Waals surface area (Å²) in [6.45, 7) is 3.26. The summed E-state index contributed by atoms with van der Waals surface area (Å²) in [5.41, 5.74) is 2.10. The summed E-state index contributed by atoms with van der Waals surface area (Å²) in [6.07, 6.45) is -3.09. The SMILES string of the molecule is CCCc1ccc(CNC(=O)C2CN(c3nc(C)c(C(=O)C(=O)O)s3)CCN2S(=O)(=O)c2ccc(OC(F)(F)F)cc2)cc1. The third kappa shape index (κ3) is 7.73. The first-order valence-electron chi connectivity index (χ1n) is 13.4. The quantitative estimate of drug-likeness (QED) is 0.233. The summed E-state index contributed by atoms with van der Waals surface area (Å²) in [4.78, 5) is 42.3. The Morgan fingerprint density at radius 2 is 1.70 bits per heavy atom. The summed E-state index contributed by atoms with van der Waals surface area (Å²) in [7, 11) is -4.38. The van der Waals surface area contributed by atoms with E-state index in [1.807, 2.05) is 24.3 Å². The van der Waals surface area contributed by atoms with E-state index in [0.29, 0.717) is 0 Å². The molecule has 1 unspecified atom stereocenters. The number of rotatable bonds is 11. The van der Waals surface area contributed by atoms with E-state index in [1.165, 1.54) is 6.92 Å². The highest BCUT2D eigenvalue weighted by atomic mass is 32.2. The van der Waals surface area contributed by atoms with Gasteiger partial charge in [-0.15, -0.1) is 13.2 Å². The summed E-state index contributed by atoms with van der Waals surface area (Å²) in [6, 6.07) is 9.96. The van der Waals surface area contributed by atoms with Crippen LogP contribution in [0.25, 0.3) is 0 Å². The van der Waals surface area contributed by atoms with E-state index in [9.17, 15) is 36.0 Å². The fourth-order valence-corrected chi connectivity index (χ4v) is 7.24. The standard InChI is InChI=1S/C28H29F3N4O7S2/c1-3-4-18-5-7-19(8-6-18)15-32-25(37)22-16-34(27-33-17(2)24(43-27)23(36)26(38)39)13-14-35(22)44(40,41)21-11-9-20(10-12-21)42-28(29,30)31/h5-12,22H,3-4,13-16H2,1-2H3,(H,32,37)(H,38,39). The van der Waals surface area contributed by atoms with Gasteiger partial charge in [0.25, 0.3) is 5.78 Å². The molecule has 4 rings (SSSR count). The van der Waals surface area contributed by atoms with Crippen LogP contribution in [0.5, 0.6) is 5.75 Å². The van der Waals surface area contributed by atoms with Gasteiger partial charge in [0.05, 0.1) is 10.6 Å². The summed E-state index contributed by atoms with van der Waals surface area (Å²) >= 11 is 0.822. The van der Waals surface area contributed by atoms with Crippen LogP contribution in [-0.4, -0.2) is 72.5 Å². The predicted octanol–water partition coefficient (Wildman–Crippen LogP) is 3.77. The zero-order valence-electron chi connectivity index (χ0n) is 23.6. The van der Waals surface area contributed by atoms with Gasteiger partial charge in [-0.05, 0) is 48.7 Å². The summed E-state index contributed by atoms with van der Waals surface area (Å²) < 4.78 is 69.9. The molecule has 3 aromatic rings. The minimum atomic E-state index is -4.96. The largest absolute Gasteiger partial charge is 0.573 e. The molecule has 236 valence electrons. The number of hydrogen-bond donors (Lipinski definition) is 2. The Hall–Kier alpha value is -4.02. The Balaban J connectivity index is 1.60. The highest BCUT2D eigenvalue weighted by Gasteiger charge is 2.41. The molecular formula is C28H29F3N4O7S2. The number of amides is 1. The zero-order chi connectivity index (χ0) is 32.2. The number of Topliss-reactive ketones (excluding diaryl/α,β-unsaturated/α-hetero) is 1. The average molecular weight is 655 g/mol. The van der Waals surface area contributed by atoms with Crippen molar-refractivity contribution in [2.75, 3.05) is 24.5 Å². The van der Waals surface area contributed by atoms with Crippen LogP contribution in [0.3, 0.4) is 0 Å². The number of carbonyl (C=O) groups is 3. The molecule has 0 saturated carbocycles. The molecule has 1 saturated heterocycles. The van der Waals surface area contributed by atoms with Crippen molar-refractivity contribution in [2.45, 2.75) is 50.5 Å². The van der Waals surface area contributed by atoms with E-state index in [2.05, 4.69) is 22.0 Å². The molecule has 2 heterocycles. The minimum absolute atomic E-state index is 0.0326. The molecule has 16 heteroatoms. The number of aliphatic carboxylic acids is 1. The Bertz CT molecular complexity index is 1630. The van der Waals surface area contributed by atoms with Gasteiger partial charge in [0.2, 0.25) is 15.9 Å². The topological polar surface area (TPSA) is 146 Å². The molecule has 11 nitrogen and oxygen atoms in total. The van der Waals surface area contributed by atoms with Gasteiger partial charge in [0.1, 0.15) is 16.7 Å². The number of carboxylic acid groups (broad SMARTS) is 1. The third-order valence-electron chi connectivity index (χ3n) is 6.78. The van der Waals surface area contributed by atoms with Gasteiger partial charge in [0, 0.05) is 26.2 Å². The molecule has 1 atom stereocenters. The Kier molecular flexibility index (Phi) is 9.95. The monoisotopic (exact) mass is 654 g/mol. The van der Waals surface area contributed by atoms with Crippen LogP contribution >= 0.6 is 11.3 Å². The third-order valence-corrected chi connectivity index (χ3v) is 9.92. The maximum atomic E-state index is 13.7. The molecule has 1 fully saturated rings. The van der Waals surface area contributed by atoms with Crippen LogP contribution in [0.15, 0.2) is 53.4 Å². The van der Waals surface area contributed by atoms with E-state index in [-0.39, 0.29) is 46.8 Å². The molecule has 0 aliphatic carbocycles. The number of ketones is 1. The maximum Gasteiger partial charge on any atom is 0.573 e. The number of alkyl halides is 3. The van der Waals surface area contributed by atoms with Crippen LogP contribution < -0.4 is 15.0 Å². The number of carbonyl (C=O) groups excluding carboxylic acids is 2. The van der Waals surface area contributed by atoms with Crippen LogP contribution in [-0.2, 0) is 32.6 Å². The number of sulfonamides is 1. The first-order chi connectivity index (χ1) is 20.7. The van der Waals surface area contributed by atoms with Gasteiger partial charge in [-0.25, -0.2) is 18.2 Å². The number of benzene rings is 2. The van der Waals surface area contributed by atoms with Crippen molar-refractivity contribution in [3.05, 3.63) is 70.2 Å². The van der Waals surface area contributed by atoms with Crippen molar-refractivity contribution in [2.24, 2.45) is 0 Å². The molecule has 1 aliphatic heterocycles. The molecule has 0 spiro atoms. The number of nitrogens with zero attached hydrogens (tertiary/aromatic N) is 3. The van der Waals surface area contributed by atoms with Crippen LogP contribution in [0.4, 0.5) is 18.3 Å². The van der Waals surface area contributed by atoms with Crippen LogP contribution in [0.1, 0.15) is 39.8 Å². The first kappa shape index (κ1) is 32.9. The van der Waals surface area contributed by atoms with Crippen molar-refractivity contribution >= 4 is 44.2 Å². The fourth-order valence-electron chi connectivity index (χ4n) is 4.63. The second-order valence-electron chi connectivity index (χ2n) is 9.93. The molecular weight excluding hydrogens is 625 g/mol. The number of nitrogens with one attached hydrogen (secondary N) is 1. The van der Waals surface area contributed by atoms with Crippen LogP contribution in [0.2, 0.25) is 0 Å². The number of anilines is 1. The molecule has 2 aromatic carbocycles. The van der Waals surface area contributed by atoms with Gasteiger partial charge in [-0.2, -0.15) is 4.31 Å². The van der Waals surface area contributed by atoms with E-state index < -0.39 is 45.8 Å². The number of thiazole rings is 1. The molecule has 1 aliphatic rings. The lowest BCUT2D eigenvalue weighted by atomic mass is 10.1. The van der Waals surface area contributed by atoms with Gasteiger partial charge in [0.15, 0.2) is 5.13 Å². The predicted molar refractivity (Wildman–Crippen MR) is 154 cm³/mol. The smallest absolute Gasteiger partial charge is 0.475 e. The van der Waals surface area contributed by atoms with Gasteiger partial charge < -0.3 is 20.1 Å². The van der Waals surface area contributed by atoms with Crippen molar-refractivity contribution < 1.29 is 45.8 Å². The number of aromatic nitrogens is 1. The van der Waals surface area contributed by atoms with E-state index in [0.717, 1.165) is 63.9 Å². The number of ether oxygens (including phenoxy) is 1. The highest BCUT2D eigenvalue weighted by Crippen LogP contribution is 2.31. The molecule has 1 aromatic heterocycles. The molecule has 2 N–H and O–H groups in total. The second-order valence-corrected chi connectivity index (χ2v) is 12.8. The van der Waals surface area contributed by atoms with Crippen molar-refractivity contribution in [1.29, 1.82) is 0 Å². The molecule has 1 amide bonds. The summed E-state index contributed by atoms with van der Waals surface area (Å²) in [5.74, 6) is -4.02. The Morgan fingerprint density at radius 3 is 2.30 bits per heavy atom. The fraction of sp³-hybridized carbons (Fsp3) is 0.357. The number of aryl methyl sites for hydroxylation is 2. The molecule has 0 bridgehead atoms. The molecule has 0 radical (unpaired) electrons. The van der Waals surface area contributed by atoms with Gasteiger partial charge in [-0.3, -0.25) is 9.59 Å². The lowest BCUT2D eigenvalue weighted by Crippen LogP contribution is -2.60. The van der Waals surface area contributed by atoms with E-state index >= 15 is 0 Å². The van der Waals surface area contributed by atoms with Crippen LogP contribution in [0, 0.1) is 6.92 Å². The first-order valence-corrected chi connectivity index (χ1v) is 15.7. The number of hydrogen-bond acceptors (Lipinski definition) is 9. The van der Waals surface area contributed by atoms with Crippen molar-refractivity contribution in [3.63, 3.8) is 0 Å². The average Bonchev–Trinajstić information content (AvgIpc) is 3.36. The maximum absolute atomic E-state index is 13.7. The normalized spacial score (nSPS) is 16.0. The number of piperazine rings is 1. The van der Waals surface area contributed by atoms with Gasteiger partial charge in [-0.1, -0.05) is 48.9 Å². The Morgan fingerprint density at radius 1 is 1.07 bits per heavy atom. The summed E-state index contributed by atoms with van der Waals surface area (Å²) in [5, 5.41) is 12.1. The van der Waals surface area contributed by atoms with Crippen molar-refractivity contribution in [1.82, 2.24) is 14.6 Å². The molecule has 44 heavy (non-hydrogen) atoms. The number of carboxylic acids is 1. The lowest BCUT2D eigenvalue weighted by Gasteiger charge is -2.39. The Labute approximate surface area is 255 Å². The lowest BCUT2D eigenvalue weighted by molar-refractivity contribution is -0.274. The van der Waals surface area contributed by atoms with Crippen molar-refractivity contribution in [3.8, 4) is 5.75 Å².